The second kappa shape index (κ2) is 4.67. The normalized spacial score (nSPS) is 12.9. The molecule has 0 amide bonds. The highest BCUT2D eigenvalue weighted by atomic mass is 35.5. The first kappa shape index (κ1) is 11.2. The largest absolute Gasteiger partial charge is 0.452 e. The molecule has 0 radical (unpaired) electrons. The molecule has 0 spiro atoms. The van der Waals surface area contributed by atoms with Crippen LogP contribution in [0.1, 0.15) is 25.3 Å². The van der Waals surface area contributed by atoms with Crippen molar-refractivity contribution in [3.63, 3.8) is 0 Å². The summed E-state index contributed by atoms with van der Waals surface area (Å²) in [7, 11) is 1.85. The highest BCUT2D eigenvalue weighted by molar-refractivity contribution is 6.31. The van der Waals surface area contributed by atoms with Gasteiger partial charge in [-0.15, -0.1) is 10.2 Å². The number of aromatic nitrogens is 2. The zero-order valence-corrected chi connectivity index (χ0v) is 9.78. The number of hydrogen-bond acceptors (Lipinski definition) is 5. The first-order chi connectivity index (χ1) is 7.76. The molecule has 0 bridgehead atoms. The Morgan fingerprint density at radius 3 is 2.88 bits per heavy atom. The summed E-state index contributed by atoms with van der Waals surface area (Å²) in [4.78, 5) is 0. The molecule has 1 atom stereocenters. The van der Waals surface area contributed by atoms with Gasteiger partial charge in [-0.3, -0.25) is 0 Å². The van der Waals surface area contributed by atoms with Gasteiger partial charge in [0.15, 0.2) is 0 Å². The summed E-state index contributed by atoms with van der Waals surface area (Å²) in [5.74, 6) is 0.930. The lowest BCUT2D eigenvalue weighted by atomic mass is 10.2. The van der Waals surface area contributed by atoms with Crippen LogP contribution in [0, 0.1) is 0 Å². The van der Waals surface area contributed by atoms with Gasteiger partial charge in [-0.25, -0.2) is 0 Å². The molecule has 0 saturated carbocycles. The molecular weight excluding hydrogens is 230 g/mol. The quantitative estimate of drug-likeness (QED) is 0.892. The van der Waals surface area contributed by atoms with Gasteiger partial charge in [-0.2, -0.15) is 0 Å². The van der Waals surface area contributed by atoms with Gasteiger partial charge in [-0.1, -0.05) is 6.92 Å². The summed E-state index contributed by atoms with van der Waals surface area (Å²) in [6.07, 6.45) is 2.36. The standard InChI is InChI=1S/C10H12ClN3O2/c1-3-7(12-2)10-14-13-9(16-10)6-4-5-15-8(6)11/h4-5,7,12H,3H2,1-2H3. The van der Waals surface area contributed by atoms with E-state index in [1.807, 2.05) is 14.0 Å². The van der Waals surface area contributed by atoms with E-state index < -0.39 is 0 Å². The van der Waals surface area contributed by atoms with Crippen molar-refractivity contribution in [1.82, 2.24) is 15.5 Å². The van der Waals surface area contributed by atoms with E-state index in [0.29, 0.717) is 17.3 Å². The number of hydrogen-bond donors (Lipinski definition) is 1. The van der Waals surface area contributed by atoms with Gasteiger partial charge in [-0.05, 0) is 31.1 Å². The van der Waals surface area contributed by atoms with Crippen LogP contribution in [0.4, 0.5) is 0 Å². The fourth-order valence-corrected chi connectivity index (χ4v) is 1.63. The van der Waals surface area contributed by atoms with Crippen LogP contribution in [0.5, 0.6) is 0 Å². The van der Waals surface area contributed by atoms with Gasteiger partial charge >= 0.3 is 0 Å². The molecule has 2 aromatic heterocycles. The number of halogens is 1. The van der Waals surface area contributed by atoms with E-state index in [0.717, 1.165) is 6.42 Å². The molecule has 0 saturated heterocycles. The predicted molar refractivity (Wildman–Crippen MR) is 59.1 cm³/mol. The highest BCUT2D eigenvalue weighted by Crippen LogP contribution is 2.28. The minimum absolute atomic E-state index is 0.0620. The van der Waals surface area contributed by atoms with Gasteiger partial charge in [0, 0.05) is 0 Å². The maximum atomic E-state index is 5.82. The molecule has 1 N–H and O–H groups in total. The lowest BCUT2D eigenvalue weighted by Crippen LogP contribution is -2.15. The van der Waals surface area contributed by atoms with Crippen LogP contribution in [0.15, 0.2) is 21.2 Å². The summed E-state index contributed by atoms with van der Waals surface area (Å²) in [6, 6.07) is 1.76. The molecule has 0 aromatic carbocycles. The van der Waals surface area contributed by atoms with Crippen LogP contribution in [0.2, 0.25) is 5.22 Å². The van der Waals surface area contributed by atoms with Crippen molar-refractivity contribution in [3.05, 3.63) is 23.4 Å². The molecule has 0 aliphatic carbocycles. The van der Waals surface area contributed by atoms with Crippen molar-refractivity contribution in [1.29, 1.82) is 0 Å². The minimum Gasteiger partial charge on any atom is -0.452 e. The van der Waals surface area contributed by atoms with E-state index in [2.05, 4.69) is 15.5 Å². The molecule has 0 fully saturated rings. The van der Waals surface area contributed by atoms with Crippen molar-refractivity contribution >= 4 is 11.6 Å². The van der Waals surface area contributed by atoms with E-state index in [9.17, 15) is 0 Å². The van der Waals surface area contributed by atoms with Crippen LogP contribution in [-0.4, -0.2) is 17.2 Å². The SMILES string of the molecule is CCC(NC)c1nnc(-c2ccoc2Cl)o1. The summed E-state index contributed by atoms with van der Waals surface area (Å²) in [5, 5.41) is 11.3. The highest BCUT2D eigenvalue weighted by Gasteiger charge is 2.18. The monoisotopic (exact) mass is 241 g/mol. The zero-order chi connectivity index (χ0) is 11.5. The van der Waals surface area contributed by atoms with E-state index in [1.165, 1.54) is 6.26 Å². The van der Waals surface area contributed by atoms with Gasteiger partial charge in [0.25, 0.3) is 5.89 Å². The molecule has 2 rings (SSSR count). The zero-order valence-electron chi connectivity index (χ0n) is 9.03. The number of nitrogens with one attached hydrogen (secondary N) is 1. The fourth-order valence-electron chi connectivity index (χ4n) is 1.43. The van der Waals surface area contributed by atoms with Crippen LogP contribution >= 0.6 is 11.6 Å². The Kier molecular flexibility index (Phi) is 3.26. The third-order valence-electron chi connectivity index (χ3n) is 2.34. The van der Waals surface area contributed by atoms with Crippen LogP contribution < -0.4 is 5.32 Å². The van der Waals surface area contributed by atoms with E-state index >= 15 is 0 Å². The summed E-state index contributed by atoms with van der Waals surface area (Å²) < 4.78 is 10.5. The topological polar surface area (TPSA) is 64.1 Å². The van der Waals surface area contributed by atoms with E-state index in [-0.39, 0.29) is 11.3 Å². The summed E-state index contributed by atoms with van der Waals surface area (Å²) >= 11 is 5.82. The Hall–Kier alpha value is -1.33. The molecule has 86 valence electrons. The van der Waals surface area contributed by atoms with Crippen molar-refractivity contribution < 1.29 is 8.83 Å². The average Bonchev–Trinajstić information content (AvgIpc) is 2.89. The molecule has 5 nitrogen and oxygen atoms in total. The predicted octanol–water partition coefficient (Wildman–Crippen LogP) is 2.65. The van der Waals surface area contributed by atoms with E-state index in [4.69, 9.17) is 20.4 Å². The smallest absolute Gasteiger partial charge is 0.252 e. The first-order valence-corrected chi connectivity index (χ1v) is 5.38. The molecular formula is C10H12ClN3O2. The molecule has 0 aliphatic heterocycles. The Balaban J connectivity index is 2.29. The Bertz CT molecular complexity index is 462. The lowest BCUT2D eigenvalue weighted by molar-refractivity contribution is 0.415. The molecule has 2 aromatic rings. The van der Waals surface area contributed by atoms with Crippen LogP contribution in [0.3, 0.4) is 0 Å². The third kappa shape index (κ3) is 1.96. The Morgan fingerprint density at radius 1 is 1.50 bits per heavy atom. The number of rotatable bonds is 4. The van der Waals surface area contributed by atoms with Crippen LogP contribution in [-0.2, 0) is 0 Å². The maximum Gasteiger partial charge on any atom is 0.252 e. The maximum absolute atomic E-state index is 5.82. The number of nitrogens with zero attached hydrogens (tertiary/aromatic N) is 2. The molecule has 16 heavy (non-hydrogen) atoms. The Labute approximate surface area is 97.8 Å². The van der Waals surface area contributed by atoms with E-state index in [1.54, 1.807) is 6.07 Å². The van der Waals surface area contributed by atoms with Gasteiger partial charge < -0.3 is 14.2 Å². The van der Waals surface area contributed by atoms with Crippen molar-refractivity contribution in [2.45, 2.75) is 19.4 Å². The summed E-state index contributed by atoms with van der Waals surface area (Å²) in [5.41, 5.74) is 0.617. The fraction of sp³-hybridized carbons (Fsp3) is 0.400. The minimum atomic E-state index is 0.0620. The average molecular weight is 242 g/mol. The Morgan fingerprint density at radius 2 is 2.31 bits per heavy atom. The second-order valence-electron chi connectivity index (χ2n) is 3.30. The molecule has 2 heterocycles. The van der Waals surface area contributed by atoms with Gasteiger partial charge in [0.05, 0.1) is 17.9 Å². The first-order valence-electron chi connectivity index (χ1n) is 5.00. The molecule has 0 aliphatic rings. The second-order valence-corrected chi connectivity index (χ2v) is 3.65. The number of furan rings is 1. The van der Waals surface area contributed by atoms with Gasteiger partial charge in [0.2, 0.25) is 11.1 Å². The summed E-state index contributed by atoms with van der Waals surface area (Å²) in [6.45, 7) is 2.04. The van der Waals surface area contributed by atoms with Crippen LogP contribution in [0.25, 0.3) is 11.5 Å². The third-order valence-corrected chi connectivity index (χ3v) is 2.64. The lowest BCUT2D eigenvalue weighted by Gasteiger charge is -2.06. The molecule has 6 heteroatoms. The van der Waals surface area contributed by atoms with Gasteiger partial charge in [0.1, 0.15) is 0 Å². The van der Waals surface area contributed by atoms with Crippen molar-refractivity contribution in [2.24, 2.45) is 0 Å². The molecule has 1 unspecified atom stereocenters. The van der Waals surface area contributed by atoms with Crippen molar-refractivity contribution in [3.8, 4) is 11.5 Å². The van der Waals surface area contributed by atoms with Crippen molar-refractivity contribution in [2.75, 3.05) is 7.05 Å².